The third-order valence-electron chi connectivity index (χ3n) is 5.01. The van der Waals surface area contributed by atoms with Gasteiger partial charge in [-0.15, -0.1) is 6.58 Å². The highest BCUT2D eigenvalue weighted by Crippen LogP contribution is 2.35. The van der Waals surface area contributed by atoms with E-state index in [1.54, 1.807) is 0 Å². The monoisotopic (exact) mass is 369 g/mol. The molecule has 0 N–H and O–H groups in total. The molecule has 142 valence electrons. The zero-order valence-electron chi connectivity index (χ0n) is 15.6. The number of benzene rings is 1. The molecule has 2 aliphatic rings. The average molecular weight is 369 g/mol. The van der Waals surface area contributed by atoms with E-state index in [2.05, 4.69) is 20.4 Å². The van der Waals surface area contributed by atoms with E-state index in [-0.39, 0.29) is 24.0 Å². The number of nitrogens with zero attached hydrogens (tertiary/aromatic N) is 3. The van der Waals surface area contributed by atoms with Crippen molar-refractivity contribution < 1.29 is 14.5 Å². The Balaban J connectivity index is 2.08. The number of non-ortho nitro benzene ring substituents is 1. The number of hydrogen-bond donors (Lipinski definition) is 0. The number of imide groups is 1. The molecule has 0 spiro atoms. The van der Waals surface area contributed by atoms with Crippen molar-refractivity contribution in [3.05, 3.63) is 58.3 Å². The van der Waals surface area contributed by atoms with Crippen LogP contribution in [0, 0.1) is 22.0 Å². The van der Waals surface area contributed by atoms with Gasteiger partial charge in [-0.2, -0.15) is 0 Å². The van der Waals surface area contributed by atoms with Crippen LogP contribution in [0.25, 0.3) is 5.57 Å². The Kier molecular flexibility index (Phi) is 5.12. The van der Waals surface area contributed by atoms with Crippen molar-refractivity contribution in [2.75, 3.05) is 19.6 Å². The van der Waals surface area contributed by atoms with Gasteiger partial charge in [0.15, 0.2) is 0 Å². The lowest BCUT2D eigenvalue weighted by molar-refractivity contribution is -0.384. The molecule has 1 aromatic rings. The summed E-state index contributed by atoms with van der Waals surface area (Å²) in [5.74, 6) is 0.121. The number of carbonyl (C=O) groups is 2. The third kappa shape index (κ3) is 3.49. The minimum Gasteiger partial charge on any atom is -0.366 e. The van der Waals surface area contributed by atoms with Crippen LogP contribution in [-0.2, 0) is 9.59 Å². The van der Waals surface area contributed by atoms with Gasteiger partial charge in [0.2, 0.25) is 0 Å². The molecule has 0 radical (unpaired) electrons. The van der Waals surface area contributed by atoms with Crippen LogP contribution in [0.15, 0.2) is 42.6 Å². The Labute approximate surface area is 158 Å². The van der Waals surface area contributed by atoms with Crippen molar-refractivity contribution in [2.24, 2.45) is 11.8 Å². The van der Waals surface area contributed by atoms with Crippen LogP contribution in [0.3, 0.4) is 0 Å². The van der Waals surface area contributed by atoms with Gasteiger partial charge >= 0.3 is 0 Å². The Morgan fingerprint density at radius 1 is 1.15 bits per heavy atom. The molecule has 1 aromatic carbocycles. The van der Waals surface area contributed by atoms with E-state index in [1.165, 1.54) is 35.2 Å². The Bertz CT molecular complexity index is 818. The van der Waals surface area contributed by atoms with Gasteiger partial charge in [0, 0.05) is 31.8 Å². The lowest BCUT2D eigenvalue weighted by Crippen LogP contribution is -2.41. The molecule has 0 aromatic heterocycles. The van der Waals surface area contributed by atoms with Crippen LogP contribution in [0.1, 0.15) is 25.8 Å². The topological polar surface area (TPSA) is 83.8 Å². The van der Waals surface area contributed by atoms with Crippen molar-refractivity contribution in [1.82, 2.24) is 9.80 Å². The summed E-state index contributed by atoms with van der Waals surface area (Å²) in [6.45, 7) is 9.45. The van der Waals surface area contributed by atoms with Crippen LogP contribution in [-0.4, -0.2) is 46.2 Å². The summed E-state index contributed by atoms with van der Waals surface area (Å²) in [4.78, 5) is 39.6. The van der Waals surface area contributed by atoms with E-state index in [4.69, 9.17) is 0 Å². The fourth-order valence-corrected chi connectivity index (χ4v) is 4.01. The number of piperidine rings is 1. The second-order valence-electron chi connectivity index (χ2n) is 7.39. The largest absolute Gasteiger partial charge is 0.366 e. The Hall–Kier alpha value is -2.96. The van der Waals surface area contributed by atoms with E-state index in [1.807, 2.05) is 4.90 Å². The molecule has 3 rings (SSSR count). The second kappa shape index (κ2) is 7.34. The minimum atomic E-state index is -0.487. The maximum atomic E-state index is 13.0. The zero-order valence-corrected chi connectivity index (χ0v) is 15.6. The molecule has 2 heterocycles. The third-order valence-corrected chi connectivity index (χ3v) is 5.01. The zero-order chi connectivity index (χ0) is 19.7. The van der Waals surface area contributed by atoms with Gasteiger partial charge in [-0.1, -0.05) is 19.9 Å². The summed E-state index contributed by atoms with van der Waals surface area (Å²) >= 11 is 0. The molecule has 2 unspecified atom stereocenters. The molecule has 0 saturated carbocycles. The SMILES string of the molecule is C=CCN1C(=O)C(c2ccc([N+](=O)[O-])cc2)=C(N2CC(C)CC(C)C2)C1=O. The summed E-state index contributed by atoms with van der Waals surface area (Å²) in [6, 6.07) is 5.78. The second-order valence-corrected chi connectivity index (χ2v) is 7.39. The average Bonchev–Trinajstić information content (AvgIpc) is 2.86. The smallest absolute Gasteiger partial charge is 0.278 e. The molecular weight excluding hydrogens is 346 g/mol. The number of hydrogen-bond acceptors (Lipinski definition) is 5. The number of nitro benzene ring substituents is 1. The highest BCUT2D eigenvalue weighted by Gasteiger charge is 2.42. The lowest BCUT2D eigenvalue weighted by Gasteiger charge is -2.37. The predicted molar refractivity (Wildman–Crippen MR) is 101 cm³/mol. The summed E-state index contributed by atoms with van der Waals surface area (Å²) in [5, 5.41) is 10.9. The van der Waals surface area contributed by atoms with Crippen molar-refractivity contribution in [1.29, 1.82) is 0 Å². The molecule has 1 fully saturated rings. The molecule has 7 nitrogen and oxygen atoms in total. The first-order valence-corrected chi connectivity index (χ1v) is 9.04. The Morgan fingerprint density at radius 2 is 1.74 bits per heavy atom. The first-order valence-electron chi connectivity index (χ1n) is 9.04. The minimum absolute atomic E-state index is 0.0548. The van der Waals surface area contributed by atoms with E-state index >= 15 is 0 Å². The van der Waals surface area contributed by atoms with Crippen LogP contribution in [0.4, 0.5) is 5.69 Å². The highest BCUT2D eigenvalue weighted by molar-refractivity contribution is 6.35. The molecule has 27 heavy (non-hydrogen) atoms. The van der Waals surface area contributed by atoms with Crippen molar-refractivity contribution in [2.45, 2.75) is 20.3 Å². The fourth-order valence-electron chi connectivity index (χ4n) is 4.01. The molecule has 2 atom stereocenters. The summed E-state index contributed by atoms with van der Waals surface area (Å²) in [5.41, 5.74) is 1.18. The molecule has 2 aliphatic heterocycles. The molecule has 2 amide bonds. The van der Waals surface area contributed by atoms with Crippen LogP contribution >= 0.6 is 0 Å². The van der Waals surface area contributed by atoms with E-state index < -0.39 is 4.92 Å². The fraction of sp³-hybridized carbons (Fsp3) is 0.400. The van der Waals surface area contributed by atoms with Gasteiger partial charge in [0.05, 0.1) is 10.5 Å². The summed E-state index contributed by atoms with van der Waals surface area (Å²) in [6.07, 6.45) is 2.60. The number of likely N-dealkylation sites (tertiary alicyclic amines) is 1. The molecule has 0 aliphatic carbocycles. The van der Waals surface area contributed by atoms with Gasteiger partial charge in [0.25, 0.3) is 17.5 Å². The maximum absolute atomic E-state index is 13.0. The Morgan fingerprint density at radius 3 is 2.26 bits per heavy atom. The van der Waals surface area contributed by atoms with Crippen molar-refractivity contribution >= 4 is 23.1 Å². The molecular formula is C20H23N3O4. The van der Waals surface area contributed by atoms with Gasteiger partial charge in [0.1, 0.15) is 5.70 Å². The predicted octanol–water partition coefficient (Wildman–Crippen LogP) is 2.84. The number of amides is 2. The van der Waals surface area contributed by atoms with Crippen LogP contribution < -0.4 is 0 Å². The normalized spacial score (nSPS) is 23.2. The van der Waals surface area contributed by atoms with E-state index in [0.717, 1.165) is 6.42 Å². The van der Waals surface area contributed by atoms with Gasteiger partial charge in [-0.05, 0) is 36.0 Å². The van der Waals surface area contributed by atoms with Gasteiger partial charge in [-0.25, -0.2) is 0 Å². The van der Waals surface area contributed by atoms with Crippen LogP contribution in [0.2, 0.25) is 0 Å². The van der Waals surface area contributed by atoms with Crippen molar-refractivity contribution in [3.63, 3.8) is 0 Å². The quantitative estimate of drug-likeness (QED) is 0.345. The molecule has 0 bridgehead atoms. The van der Waals surface area contributed by atoms with Gasteiger partial charge < -0.3 is 4.90 Å². The first-order chi connectivity index (χ1) is 12.8. The van der Waals surface area contributed by atoms with Crippen molar-refractivity contribution in [3.8, 4) is 0 Å². The van der Waals surface area contributed by atoms with Gasteiger partial charge in [-0.3, -0.25) is 24.6 Å². The van der Waals surface area contributed by atoms with Crippen LogP contribution in [0.5, 0.6) is 0 Å². The van der Waals surface area contributed by atoms with E-state index in [9.17, 15) is 19.7 Å². The number of rotatable bonds is 5. The van der Waals surface area contributed by atoms with E-state index in [0.29, 0.717) is 41.8 Å². The maximum Gasteiger partial charge on any atom is 0.278 e. The number of nitro groups is 1. The summed E-state index contributed by atoms with van der Waals surface area (Å²) in [7, 11) is 0. The summed E-state index contributed by atoms with van der Waals surface area (Å²) < 4.78 is 0. The molecule has 7 heteroatoms. The number of carbonyl (C=O) groups excluding carboxylic acids is 2. The first kappa shape index (κ1) is 18.8. The highest BCUT2D eigenvalue weighted by atomic mass is 16.6. The standard InChI is InChI=1S/C20H23N3O4/c1-4-9-22-19(24)17(15-5-7-16(8-6-15)23(26)27)18(20(22)25)21-11-13(2)10-14(3)12-21/h4-8,13-14H,1,9-12H2,2-3H3. The lowest BCUT2D eigenvalue weighted by atomic mass is 9.91. The molecule has 1 saturated heterocycles.